The topological polar surface area (TPSA) is 49.3 Å². The summed E-state index contributed by atoms with van der Waals surface area (Å²) in [5, 5.41) is 12.0. The summed E-state index contributed by atoms with van der Waals surface area (Å²) in [7, 11) is 0. The minimum atomic E-state index is -0.539. The van der Waals surface area contributed by atoms with Crippen LogP contribution in [-0.2, 0) is 0 Å². The second-order valence-corrected chi connectivity index (χ2v) is 3.66. The number of carbonyl (C=O) groups is 1. The molecule has 0 saturated carbocycles. The molecule has 2 N–H and O–H groups in total. The molecule has 0 aromatic heterocycles. The van der Waals surface area contributed by atoms with Crippen molar-refractivity contribution in [1.29, 1.82) is 0 Å². The number of carbonyl (C=O) groups excluding carboxylic acids is 1. The van der Waals surface area contributed by atoms with Crippen molar-refractivity contribution in [3.63, 3.8) is 0 Å². The Balaban J connectivity index is 2.47. The molecule has 16 heavy (non-hydrogen) atoms. The van der Waals surface area contributed by atoms with E-state index in [-0.39, 0.29) is 18.0 Å². The minimum absolute atomic E-state index is 0.198. The summed E-state index contributed by atoms with van der Waals surface area (Å²) in [4.78, 5) is 11.5. The number of aliphatic hydroxyl groups is 1. The van der Waals surface area contributed by atoms with Crippen molar-refractivity contribution in [3.8, 4) is 0 Å². The Kier molecular flexibility index (Phi) is 4.92. The number of hydrogen-bond acceptors (Lipinski definition) is 2. The van der Waals surface area contributed by atoms with E-state index in [9.17, 15) is 14.3 Å². The molecule has 4 heteroatoms. The van der Waals surface area contributed by atoms with Gasteiger partial charge in [-0.15, -0.1) is 0 Å². The second-order valence-electron chi connectivity index (χ2n) is 3.66. The van der Waals surface area contributed by atoms with Gasteiger partial charge in [0, 0.05) is 12.1 Å². The van der Waals surface area contributed by atoms with Crippen LogP contribution in [0.3, 0.4) is 0 Å². The zero-order chi connectivity index (χ0) is 12.0. The van der Waals surface area contributed by atoms with Crippen LogP contribution in [-0.4, -0.2) is 23.7 Å². The number of aliphatic hydroxyl groups excluding tert-OH is 1. The van der Waals surface area contributed by atoms with Gasteiger partial charge in [-0.1, -0.05) is 19.4 Å². The zero-order valence-corrected chi connectivity index (χ0v) is 9.24. The molecule has 3 nitrogen and oxygen atoms in total. The maximum Gasteiger partial charge on any atom is 0.251 e. The van der Waals surface area contributed by atoms with Crippen molar-refractivity contribution in [2.24, 2.45) is 0 Å². The zero-order valence-electron chi connectivity index (χ0n) is 9.24. The van der Waals surface area contributed by atoms with Gasteiger partial charge in [0.2, 0.25) is 0 Å². The maximum atomic E-state index is 12.8. The number of benzene rings is 1. The highest BCUT2D eigenvalue weighted by molar-refractivity contribution is 5.94. The Labute approximate surface area is 94.3 Å². The third-order valence-corrected chi connectivity index (χ3v) is 2.21. The molecule has 1 rings (SSSR count). The van der Waals surface area contributed by atoms with Crippen LogP contribution in [0.4, 0.5) is 4.39 Å². The van der Waals surface area contributed by atoms with Gasteiger partial charge in [0.05, 0.1) is 6.10 Å². The summed E-state index contributed by atoms with van der Waals surface area (Å²) in [5.41, 5.74) is 0.267. The Morgan fingerprint density at radius 3 is 2.94 bits per heavy atom. The van der Waals surface area contributed by atoms with E-state index in [0.717, 1.165) is 6.42 Å². The van der Waals surface area contributed by atoms with Crippen LogP contribution in [0.2, 0.25) is 0 Å². The summed E-state index contributed by atoms with van der Waals surface area (Å²) >= 11 is 0. The number of halogens is 1. The van der Waals surface area contributed by atoms with Crippen LogP contribution in [0.25, 0.3) is 0 Å². The molecule has 0 saturated heterocycles. The van der Waals surface area contributed by atoms with Crippen molar-refractivity contribution in [1.82, 2.24) is 5.32 Å². The number of rotatable bonds is 5. The maximum absolute atomic E-state index is 12.8. The number of amides is 1. The van der Waals surface area contributed by atoms with Gasteiger partial charge in [-0.3, -0.25) is 4.79 Å². The lowest BCUT2D eigenvalue weighted by Gasteiger charge is -2.10. The molecular formula is C12H16FNO2. The highest BCUT2D eigenvalue weighted by Crippen LogP contribution is 2.03. The van der Waals surface area contributed by atoms with Gasteiger partial charge in [-0.05, 0) is 24.6 Å². The molecule has 1 amide bonds. The highest BCUT2D eigenvalue weighted by atomic mass is 19.1. The molecule has 0 fully saturated rings. The molecule has 0 spiro atoms. The summed E-state index contributed by atoms with van der Waals surface area (Å²) in [5.74, 6) is -0.809. The molecule has 1 unspecified atom stereocenters. The SMILES string of the molecule is CCCC(O)CNC(=O)c1cccc(F)c1. The molecule has 0 heterocycles. The lowest BCUT2D eigenvalue weighted by atomic mass is 10.2. The molecular weight excluding hydrogens is 209 g/mol. The fraction of sp³-hybridized carbons (Fsp3) is 0.417. The Bertz CT molecular complexity index is 355. The van der Waals surface area contributed by atoms with Gasteiger partial charge in [0.15, 0.2) is 0 Å². The molecule has 0 bridgehead atoms. The first kappa shape index (κ1) is 12.6. The van der Waals surface area contributed by atoms with Gasteiger partial charge in [0.1, 0.15) is 5.82 Å². The first-order valence-corrected chi connectivity index (χ1v) is 5.35. The van der Waals surface area contributed by atoms with E-state index in [1.807, 2.05) is 6.92 Å². The molecule has 0 radical (unpaired) electrons. The molecule has 0 aliphatic heterocycles. The summed E-state index contributed by atoms with van der Waals surface area (Å²) in [6.45, 7) is 2.15. The molecule has 1 atom stereocenters. The van der Waals surface area contributed by atoms with Crippen molar-refractivity contribution >= 4 is 5.91 Å². The van der Waals surface area contributed by atoms with Crippen molar-refractivity contribution in [2.75, 3.05) is 6.54 Å². The third kappa shape index (κ3) is 3.98. The molecule has 1 aromatic carbocycles. The lowest BCUT2D eigenvalue weighted by molar-refractivity contribution is 0.0909. The Hall–Kier alpha value is -1.42. The van der Waals surface area contributed by atoms with Crippen LogP contribution in [0.5, 0.6) is 0 Å². The monoisotopic (exact) mass is 225 g/mol. The molecule has 0 aliphatic carbocycles. The summed E-state index contributed by atoms with van der Waals surface area (Å²) in [6, 6.07) is 5.46. The van der Waals surface area contributed by atoms with E-state index in [1.165, 1.54) is 24.3 Å². The summed E-state index contributed by atoms with van der Waals surface area (Å²) < 4.78 is 12.8. The van der Waals surface area contributed by atoms with Gasteiger partial charge < -0.3 is 10.4 Å². The number of hydrogen-bond donors (Lipinski definition) is 2. The van der Waals surface area contributed by atoms with E-state index >= 15 is 0 Å². The number of nitrogens with one attached hydrogen (secondary N) is 1. The van der Waals surface area contributed by atoms with Crippen LogP contribution in [0.1, 0.15) is 30.1 Å². The van der Waals surface area contributed by atoms with Crippen molar-refractivity contribution in [3.05, 3.63) is 35.6 Å². The minimum Gasteiger partial charge on any atom is -0.391 e. The van der Waals surface area contributed by atoms with Crippen molar-refractivity contribution < 1.29 is 14.3 Å². The van der Waals surface area contributed by atoms with E-state index in [2.05, 4.69) is 5.32 Å². The predicted octanol–water partition coefficient (Wildman–Crippen LogP) is 1.72. The van der Waals surface area contributed by atoms with E-state index in [0.29, 0.717) is 6.42 Å². The van der Waals surface area contributed by atoms with E-state index in [4.69, 9.17) is 0 Å². The Morgan fingerprint density at radius 2 is 2.31 bits per heavy atom. The standard InChI is InChI=1S/C12H16FNO2/c1-2-4-11(15)8-14-12(16)9-5-3-6-10(13)7-9/h3,5-7,11,15H,2,4,8H2,1H3,(H,14,16). The molecule has 1 aromatic rings. The van der Waals surface area contributed by atoms with Crippen LogP contribution in [0, 0.1) is 5.82 Å². The van der Waals surface area contributed by atoms with Crippen LogP contribution in [0.15, 0.2) is 24.3 Å². The van der Waals surface area contributed by atoms with Crippen LogP contribution < -0.4 is 5.32 Å². The first-order valence-electron chi connectivity index (χ1n) is 5.35. The lowest BCUT2D eigenvalue weighted by Crippen LogP contribution is -2.32. The van der Waals surface area contributed by atoms with E-state index < -0.39 is 11.9 Å². The average molecular weight is 225 g/mol. The van der Waals surface area contributed by atoms with Crippen LogP contribution >= 0.6 is 0 Å². The highest BCUT2D eigenvalue weighted by Gasteiger charge is 2.08. The summed E-state index contributed by atoms with van der Waals surface area (Å²) in [6.07, 6.45) is 0.961. The van der Waals surface area contributed by atoms with Crippen molar-refractivity contribution in [2.45, 2.75) is 25.9 Å². The quantitative estimate of drug-likeness (QED) is 0.801. The van der Waals surface area contributed by atoms with Gasteiger partial charge in [-0.2, -0.15) is 0 Å². The van der Waals surface area contributed by atoms with E-state index in [1.54, 1.807) is 0 Å². The predicted molar refractivity (Wildman–Crippen MR) is 59.6 cm³/mol. The Morgan fingerprint density at radius 1 is 1.56 bits per heavy atom. The van der Waals surface area contributed by atoms with Gasteiger partial charge in [-0.25, -0.2) is 4.39 Å². The molecule has 0 aliphatic rings. The normalized spacial score (nSPS) is 12.2. The largest absolute Gasteiger partial charge is 0.391 e. The third-order valence-electron chi connectivity index (χ3n) is 2.21. The van der Waals surface area contributed by atoms with Gasteiger partial charge in [0.25, 0.3) is 5.91 Å². The second kappa shape index (κ2) is 6.23. The fourth-order valence-electron chi connectivity index (χ4n) is 1.38. The van der Waals surface area contributed by atoms with Gasteiger partial charge >= 0.3 is 0 Å². The molecule has 88 valence electrons. The smallest absolute Gasteiger partial charge is 0.251 e. The first-order chi connectivity index (χ1) is 7.63. The average Bonchev–Trinajstić information content (AvgIpc) is 2.26. The fourth-order valence-corrected chi connectivity index (χ4v) is 1.38.